The van der Waals surface area contributed by atoms with E-state index in [1.807, 2.05) is 0 Å². The van der Waals surface area contributed by atoms with E-state index in [9.17, 15) is 8.78 Å². The van der Waals surface area contributed by atoms with Gasteiger partial charge in [-0.3, -0.25) is 0 Å². The zero-order valence-corrected chi connectivity index (χ0v) is 11.6. The van der Waals surface area contributed by atoms with Crippen molar-refractivity contribution >= 4 is 54.0 Å². The average Bonchev–Trinajstić information content (AvgIpc) is 2.58. The van der Waals surface area contributed by atoms with Gasteiger partial charge in [-0.05, 0) is 28.1 Å². The summed E-state index contributed by atoms with van der Waals surface area (Å²) in [4.78, 5) is 3.99. The van der Waals surface area contributed by atoms with Gasteiger partial charge in [0, 0.05) is 9.85 Å². The van der Waals surface area contributed by atoms with Crippen LogP contribution in [0.5, 0.6) is 0 Å². The number of aromatic nitrogens is 1. The number of hydrogen-bond acceptors (Lipinski definition) is 3. The van der Waals surface area contributed by atoms with Crippen LogP contribution in [0.15, 0.2) is 26.6 Å². The van der Waals surface area contributed by atoms with Crippen LogP contribution in [0.4, 0.5) is 19.6 Å². The first-order valence-corrected chi connectivity index (χ1v) is 6.55. The molecular weight excluding hydrogens is 366 g/mol. The largest absolute Gasteiger partial charge is 0.327 e. The smallest absolute Gasteiger partial charge is 0.188 e. The molecule has 0 amide bonds. The van der Waals surface area contributed by atoms with Gasteiger partial charge in [-0.1, -0.05) is 15.9 Å². The molecule has 0 unspecified atom stereocenters. The minimum absolute atomic E-state index is 0.204. The SMILES string of the molecule is Fc1cc(Br)cc(F)c1Nc1nc(Br)cs1. The normalized spacial score (nSPS) is 10.5. The van der Waals surface area contributed by atoms with E-state index in [4.69, 9.17) is 0 Å². The number of rotatable bonds is 2. The molecule has 16 heavy (non-hydrogen) atoms. The number of hydrogen-bond donors (Lipinski definition) is 1. The van der Waals surface area contributed by atoms with Crippen molar-refractivity contribution in [3.05, 3.63) is 38.2 Å². The number of halogens is 4. The van der Waals surface area contributed by atoms with E-state index in [1.165, 1.54) is 23.5 Å². The average molecular weight is 370 g/mol. The molecule has 0 fully saturated rings. The second-order valence-corrected chi connectivity index (χ2v) is 5.43. The van der Waals surface area contributed by atoms with Crippen LogP contribution < -0.4 is 5.32 Å². The summed E-state index contributed by atoms with van der Waals surface area (Å²) < 4.78 is 27.9. The lowest BCUT2D eigenvalue weighted by molar-refractivity contribution is 0.589. The van der Waals surface area contributed by atoms with Gasteiger partial charge in [0.25, 0.3) is 0 Å². The summed E-state index contributed by atoms with van der Waals surface area (Å²) in [5.74, 6) is -1.34. The number of anilines is 2. The van der Waals surface area contributed by atoms with Crippen LogP contribution in [-0.4, -0.2) is 4.98 Å². The Balaban J connectivity index is 2.34. The highest BCUT2D eigenvalue weighted by Gasteiger charge is 2.12. The van der Waals surface area contributed by atoms with Crippen molar-refractivity contribution in [2.75, 3.05) is 5.32 Å². The molecule has 0 bridgehead atoms. The first-order valence-electron chi connectivity index (χ1n) is 4.09. The van der Waals surface area contributed by atoms with Crippen molar-refractivity contribution in [1.29, 1.82) is 0 Å². The van der Waals surface area contributed by atoms with Crippen molar-refractivity contribution in [1.82, 2.24) is 4.98 Å². The quantitative estimate of drug-likeness (QED) is 0.830. The third-order valence-electron chi connectivity index (χ3n) is 1.71. The van der Waals surface area contributed by atoms with E-state index in [1.54, 1.807) is 5.38 Å². The van der Waals surface area contributed by atoms with Gasteiger partial charge in [0.05, 0.1) is 0 Å². The van der Waals surface area contributed by atoms with Gasteiger partial charge in [0.15, 0.2) is 16.8 Å². The topological polar surface area (TPSA) is 24.9 Å². The van der Waals surface area contributed by atoms with E-state index >= 15 is 0 Å². The summed E-state index contributed by atoms with van der Waals surface area (Å²) in [7, 11) is 0. The molecule has 0 aliphatic rings. The Bertz CT molecular complexity index is 507. The van der Waals surface area contributed by atoms with E-state index in [0.717, 1.165) is 0 Å². The van der Waals surface area contributed by atoms with Crippen LogP contribution in [-0.2, 0) is 0 Å². The number of benzene rings is 1. The molecule has 0 radical (unpaired) electrons. The van der Waals surface area contributed by atoms with Gasteiger partial charge in [-0.25, -0.2) is 13.8 Å². The second-order valence-electron chi connectivity index (χ2n) is 2.84. The Morgan fingerprint density at radius 1 is 1.19 bits per heavy atom. The van der Waals surface area contributed by atoms with Crippen LogP contribution in [0.1, 0.15) is 0 Å². The maximum atomic E-state index is 13.4. The summed E-state index contributed by atoms with van der Waals surface area (Å²) in [6.45, 7) is 0. The molecule has 1 heterocycles. The molecule has 1 aromatic carbocycles. The predicted molar refractivity (Wildman–Crippen MR) is 67.2 cm³/mol. The van der Waals surface area contributed by atoms with Crippen LogP contribution in [0, 0.1) is 11.6 Å². The molecule has 0 spiro atoms. The van der Waals surface area contributed by atoms with Gasteiger partial charge < -0.3 is 5.32 Å². The van der Waals surface area contributed by atoms with Crippen LogP contribution in [0.3, 0.4) is 0 Å². The molecule has 7 heteroatoms. The molecule has 2 aromatic rings. The molecular formula is C9H4Br2F2N2S. The molecule has 0 atom stereocenters. The third kappa shape index (κ3) is 2.58. The van der Waals surface area contributed by atoms with Gasteiger partial charge in [0.2, 0.25) is 0 Å². The zero-order valence-electron chi connectivity index (χ0n) is 7.60. The van der Waals surface area contributed by atoms with Crippen LogP contribution >= 0.6 is 43.2 Å². The Kier molecular flexibility index (Phi) is 3.56. The fourth-order valence-electron chi connectivity index (χ4n) is 1.08. The number of thiazole rings is 1. The predicted octanol–water partition coefficient (Wildman–Crippen LogP) is 4.69. The summed E-state index contributed by atoms with van der Waals surface area (Å²) >= 11 is 7.42. The lowest BCUT2D eigenvalue weighted by Crippen LogP contribution is -1.97. The van der Waals surface area contributed by atoms with Crippen molar-refractivity contribution in [3.8, 4) is 0 Å². The molecule has 0 saturated heterocycles. The Labute approximate surface area is 111 Å². The van der Waals surface area contributed by atoms with Crippen molar-refractivity contribution in [2.45, 2.75) is 0 Å². The maximum Gasteiger partial charge on any atom is 0.188 e. The van der Waals surface area contributed by atoms with Crippen LogP contribution in [0.2, 0.25) is 0 Å². The molecule has 2 nitrogen and oxygen atoms in total. The van der Waals surface area contributed by atoms with Gasteiger partial charge in [-0.15, -0.1) is 11.3 Å². The molecule has 1 N–H and O–H groups in total. The standard InChI is InChI=1S/C9H4Br2F2N2S/c10-4-1-5(12)8(6(13)2-4)15-9-14-7(11)3-16-9/h1-3H,(H,14,15). The van der Waals surface area contributed by atoms with E-state index < -0.39 is 11.6 Å². The lowest BCUT2D eigenvalue weighted by atomic mass is 10.3. The number of nitrogens with zero attached hydrogens (tertiary/aromatic N) is 1. The highest BCUT2D eigenvalue weighted by atomic mass is 79.9. The van der Waals surface area contributed by atoms with Crippen molar-refractivity contribution in [2.24, 2.45) is 0 Å². The summed E-state index contributed by atoms with van der Waals surface area (Å²) in [6, 6.07) is 2.38. The minimum Gasteiger partial charge on any atom is -0.327 e. The molecule has 2 rings (SSSR count). The summed E-state index contributed by atoms with van der Waals surface area (Å²) in [5, 5.41) is 4.74. The zero-order chi connectivity index (χ0) is 11.7. The van der Waals surface area contributed by atoms with Crippen molar-refractivity contribution < 1.29 is 8.78 Å². The first kappa shape index (κ1) is 11.9. The third-order valence-corrected chi connectivity index (χ3v) is 3.64. The summed E-state index contributed by atoms with van der Waals surface area (Å²) in [5.41, 5.74) is -0.204. The monoisotopic (exact) mass is 368 g/mol. The Hall–Kier alpha value is -0.530. The van der Waals surface area contributed by atoms with E-state index in [-0.39, 0.29) is 5.69 Å². The van der Waals surface area contributed by atoms with Gasteiger partial charge >= 0.3 is 0 Å². The van der Waals surface area contributed by atoms with Crippen molar-refractivity contribution in [3.63, 3.8) is 0 Å². The van der Waals surface area contributed by atoms with Gasteiger partial charge in [0.1, 0.15) is 10.3 Å². The highest BCUT2D eigenvalue weighted by Crippen LogP contribution is 2.29. The highest BCUT2D eigenvalue weighted by molar-refractivity contribution is 9.10. The Morgan fingerprint density at radius 2 is 1.81 bits per heavy atom. The summed E-state index contributed by atoms with van der Waals surface area (Å²) in [6.07, 6.45) is 0. The van der Waals surface area contributed by atoms with Gasteiger partial charge in [-0.2, -0.15) is 0 Å². The molecule has 1 aromatic heterocycles. The molecule has 0 aliphatic heterocycles. The van der Waals surface area contributed by atoms with E-state index in [0.29, 0.717) is 14.2 Å². The maximum absolute atomic E-state index is 13.4. The lowest BCUT2D eigenvalue weighted by Gasteiger charge is -2.05. The molecule has 0 aliphatic carbocycles. The van der Waals surface area contributed by atoms with Crippen LogP contribution in [0.25, 0.3) is 0 Å². The second kappa shape index (κ2) is 4.77. The molecule has 0 saturated carbocycles. The Morgan fingerprint density at radius 3 is 2.31 bits per heavy atom. The fraction of sp³-hybridized carbons (Fsp3) is 0. The number of nitrogens with one attached hydrogen (secondary N) is 1. The fourth-order valence-corrected chi connectivity index (χ4v) is 2.63. The minimum atomic E-state index is -0.668. The first-order chi connectivity index (χ1) is 7.56. The molecule has 84 valence electrons. The van der Waals surface area contributed by atoms with E-state index in [2.05, 4.69) is 42.2 Å².